The first-order valence-corrected chi connectivity index (χ1v) is 7.22. The average molecular weight is 319 g/mol. The number of benzene rings is 2. The van der Waals surface area contributed by atoms with Crippen molar-refractivity contribution in [2.45, 2.75) is 19.0 Å². The Morgan fingerprint density at radius 2 is 1.83 bits per heavy atom. The number of nitrogens with one attached hydrogen (secondary N) is 1. The molecule has 6 heteroatoms. The fourth-order valence-corrected chi connectivity index (χ4v) is 3.21. The summed E-state index contributed by atoms with van der Waals surface area (Å²) in [4.78, 5) is 11.6. The molecule has 2 aromatic rings. The maximum absolute atomic E-state index is 12.9. The maximum atomic E-state index is 12.9. The van der Waals surface area contributed by atoms with Gasteiger partial charge in [0.05, 0.1) is 18.6 Å². The predicted octanol–water partition coefficient (Wildman–Crippen LogP) is 3.80. The summed E-state index contributed by atoms with van der Waals surface area (Å²) in [7, 11) is 0. The van der Waals surface area contributed by atoms with Crippen LogP contribution in [0.15, 0.2) is 30.3 Å². The lowest BCUT2D eigenvalue weighted by atomic mass is 9.92. The normalized spacial score (nSPS) is 15.9. The zero-order chi connectivity index (χ0) is 16.2. The monoisotopic (exact) mass is 319 g/mol. The Balaban J connectivity index is 1.89. The van der Waals surface area contributed by atoms with Crippen LogP contribution in [-0.4, -0.2) is 12.5 Å². The Labute approximate surface area is 130 Å². The van der Waals surface area contributed by atoms with Crippen LogP contribution >= 0.6 is 0 Å². The molecule has 1 N–H and O–H groups in total. The quantitative estimate of drug-likeness (QED) is 0.802. The Hall–Kier alpha value is -2.50. The number of halogens is 3. The number of rotatable bonds is 0. The summed E-state index contributed by atoms with van der Waals surface area (Å²) in [6, 6.07) is 7.18. The van der Waals surface area contributed by atoms with Crippen LogP contribution in [0, 0.1) is 0 Å². The molecular formula is C17H12F3NO2. The van der Waals surface area contributed by atoms with E-state index in [1.165, 1.54) is 6.07 Å². The molecule has 2 heterocycles. The summed E-state index contributed by atoms with van der Waals surface area (Å²) in [6.07, 6.45) is -3.54. The number of fused-ring (bicyclic) bond motifs is 5. The molecule has 0 aliphatic carbocycles. The van der Waals surface area contributed by atoms with Gasteiger partial charge < -0.3 is 10.1 Å². The summed E-state index contributed by atoms with van der Waals surface area (Å²) in [5.41, 5.74) is 3.42. The molecule has 3 nitrogen and oxygen atoms in total. The highest BCUT2D eigenvalue weighted by atomic mass is 19.4. The largest absolute Gasteiger partial charge is 0.493 e. The number of carbonyl (C=O) groups is 1. The zero-order valence-electron chi connectivity index (χ0n) is 12.0. The lowest BCUT2D eigenvalue weighted by molar-refractivity contribution is -0.137. The highest BCUT2D eigenvalue weighted by Crippen LogP contribution is 2.42. The molecule has 1 amide bonds. The molecule has 2 aliphatic heterocycles. The Bertz CT molecular complexity index is 827. The van der Waals surface area contributed by atoms with Gasteiger partial charge in [-0.2, -0.15) is 13.2 Å². The van der Waals surface area contributed by atoms with Crippen molar-refractivity contribution in [1.29, 1.82) is 0 Å². The van der Waals surface area contributed by atoms with E-state index in [0.29, 0.717) is 18.4 Å². The minimum Gasteiger partial charge on any atom is -0.493 e. The van der Waals surface area contributed by atoms with Gasteiger partial charge in [-0.1, -0.05) is 12.1 Å². The fourth-order valence-electron chi connectivity index (χ4n) is 3.21. The van der Waals surface area contributed by atoms with Gasteiger partial charge in [-0.05, 0) is 34.9 Å². The van der Waals surface area contributed by atoms with Gasteiger partial charge >= 0.3 is 6.18 Å². The van der Waals surface area contributed by atoms with Crippen LogP contribution in [0.4, 0.5) is 18.9 Å². The molecule has 0 aromatic heterocycles. The second kappa shape index (κ2) is 4.75. The minimum absolute atomic E-state index is 0.0637. The van der Waals surface area contributed by atoms with Crippen molar-refractivity contribution in [3.63, 3.8) is 0 Å². The van der Waals surface area contributed by atoms with Gasteiger partial charge in [0.2, 0.25) is 5.91 Å². The Kier molecular flexibility index (Phi) is 2.91. The summed E-state index contributed by atoms with van der Waals surface area (Å²) in [6.45, 7) is 0.284. The summed E-state index contributed by atoms with van der Waals surface area (Å²) >= 11 is 0. The molecule has 0 saturated carbocycles. The molecule has 118 valence electrons. The summed E-state index contributed by atoms with van der Waals surface area (Å²) in [5, 5.41) is 2.79. The molecule has 0 atom stereocenters. The number of ether oxygens (including phenoxy) is 1. The van der Waals surface area contributed by atoms with Crippen molar-refractivity contribution < 1.29 is 22.7 Å². The summed E-state index contributed by atoms with van der Waals surface area (Å²) in [5.74, 6) is 0.169. The molecule has 0 unspecified atom stereocenters. The van der Waals surface area contributed by atoms with E-state index in [0.717, 1.165) is 34.5 Å². The van der Waals surface area contributed by atoms with E-state index in [-0.39, 0.29) is 18.3 Å². The maximum Gasteiger partial charge on any atom is 0.416 e. The summed E-state index contributed by atoms with van der Waals surface area (Å²) < 4.78 is 44.2. The Morgan fingerprint density at radius 1 is 1.04 bits per heavy atom. The number of alkyl halides is 3. The second-order valence-electron chi connectivity index (χ2n) is 5.65. The van der Waals surface area contributed by atoms with Crippen LogP contribution in [-0.2, 0) is 23.8 Å². The van der Waals surface area contributed by atoms with Crippen molar-refractivity contribution >= 4 is 11.6 Å². The van der Waals surface area contributed by atoms with Crippen molar-refractivity contribution in [3.8, 4) is 16.9 Å². The van der Waals surface area contributed by atoms with Crippen LogP contribution < -0.4 is 10.1 Å². The molecule has 0 saturated heterocycles. The van der Waals surface area contributed by atoms with E-state index < -0.39 is 11.7 Å². The van der Waals surface area contributed by atoms with E-state index >= 15 is 0 Å². The molecular weight excluding hydrogens is 307 g/mol. The van der Waals surface area contributed by atoms with E-state index in [1.807, 2.05) is 6.07 Å². The van der Waals surface area contributed by atoms with Gasteiger partial charge in [0.1, 0.15) is 5.75 Å². The SMILES string of the molecule is O=C1Cc2c(ccc3c2CCOc2cc(C(F)(F)F)ccc2-3)N1. The topological polar surface area (TPSA) is 38.3 Å². The van der Waals surface area contributed by atoms with Crippen LogP contribution in [0.25, 0.3) is 11.1 Å². The van der Waals surface area contributed by atoms with Crippen LogP contribution in [0.1, 0.15) is 16.7 Å². The number of hydrogen-bond acceptors (Lipinski definition) is 2. The van der Waals surface area contributed by atoms with Crippen LogP contribution in [0.5, 0.6) is 5.75 Å². The second-order valence-corrected chi connectivity index (χ2v) is 5.65. The van der Waals surface area contributed by atoms with Gasteiger partial charge in [0.15, 0.2) is 0 Å². The third-order valence-corrected chi connectivity index (χ3v) is 4.25. The third kappa shape index (κ3) is 2.25. The highest BCUT2D eigenvalue weighted by Gasteiger charge is 2.32. The third-order valence-electron chi connectivity index (χ3n) is 4.25. The van der Waals surface area contributed by atoms with E-state index in [4.69, 9.17) is 4.74 Å². The van der Waals surface area contributed by atoms with Crippen molar-refractivity contribution in [2.24, 2.45) is 0 Å². The molecule has 0 spiro atoms. The lowest BCUT2D eigenvalue weighted by Gasteiger charge is -2.13. The first-order chi connectivity index (χ1) is 10.9. The number of carbonyl (C=O) groups excluding carboxylic acids is 1. The molecule has 0 radical (unpaired) electrons. The number of hydrogen-bond donors (Lipinski definition) is 1. The lowest BCUT2D eigenvalue weighted by Crippen LogP contribution is -2.06. The molecule has 0 fully saturated rings. The smallest absolute Gasteiger partial charge is 0.416 e. The first kappa shape index (κ1) is 14.1. The first-order valence-electron chi connectivity index (χ1n) is 7.22. The van der Waals surface area contributed by atoms with Crippen molar-refractivity contribution in [2.75, 3.05) is 11.9 Å². The molecule has 4 rings (SSSR count). The van der Waals surface area contributed by atoms with E-state index in [2.05, 4.69) is 5.32 Å². The van der Waals surface area contributed by atoms with Gasteiger partial charge in [0.25, 0.3) is 0 Å². The molecule has 0 bridgehead atoms. The molecule has 23 heavy (non-hydrogen) atoms. The molecule has 2 aliphatic rings. The number of anilines is 1. The van der Waals surface area contributed by atoms with Crippen LogP contribution in [0.2, 0.25) is 0 Å². The van der Waals surface area contributed by atoms with Crippen molar-refractivity contribution in [3.05, 3.63) is 47.0 Å². The minimum atomic E-state index is -4.40. The average Bonchev–Trinajstić information content (AvgIpc) is 2.77. The fraction of sp³-hybridized carbons (Fsp3) is 0.235. The van der Waals surface area contributed by atoms with E-state index in [1.54, 1.807) is 6.07 Å². The Morgan fingerprint density at radius 3 is 2.61 bits per heavy atom. The van der Waals surface area contributed by atoms with E-state index in [9.17, 15) is 18.0 Å². The van der Waals surface area contributed by atoms with Gasteiger partial charge in [0, 0.05) is 17.7 Å². The van der Waals surface area contributed by atoms with Gasteiger partial charge in [-0.3, -0.25) is 4.79 Å². The van der Waals surface area contributed by atoms with Crippen LogP contribution in [0.3, 0.4) is 0 Å². The highest BCUT2D eigenvalue weighted by molar-refractivity contribution is 6.00. The van der Waals surface area contributed by atoms with Crippen molar-refractivity contribution in [1.82, 2.24) is 0 Å². The van der Waals surface area contributed by atoms with Gasteiger partial charge in [-0.15, -0.1) is 0 Å². The number of amides is 1. The zero-order valence-corrected chi connectivity index (χ0v) is 12.0. The molecule has 2 aromatic carbocycles. The van der Waals surface area contributed by atoms with Gasteiger partial charge in [-0.25, -0.2) is 0 Å². The standard InChI is InChI=1S/C17H12F3NO2/c18-17(19,20)9-1-2-12-10-3-4-14-13(8-16(22)21-14)11(10)5-6-23-15(12)7-9/h1-4,7H,5-6,8H2,(H,21,22). The predicted molar refractivity (Wildman–Crippen MR) is 78.4 cm³/mol.